The van der Waals surface area contributed by atoms with Crippen molar-refractivity contribution in [3.05, 3.63) is 32.7 Å². The molecule has 4 heterocycles. The highest BCUT2D eigenvalue weighted by Gasteiger charge is 2.17. The lowest BCUT2D eigenvalue weighted by atomic mass is 10.1. The number of nitrogens with one attached hydrogen (secondary N) is 1. The summed E-state index contributed by atoms with van der Waals surface area (Å²) in [5, 5.41) is 0. The maximum Gasteiger partial charge on any atom is 0.329 e. The molecule has 0 unspecified atom stereocenters. The average molecular weight is 344 g/mol. The fraction of sp³-hybridized carbons (Fsp3) is 0.588. The van der Waals surface area contributed by atoms with Gasteiger partial charge in [-0.05, 0) is 45.8 Å². The van der Waals surface area contributed by atoms with Crippen molar-refractivity contribution in [2.45, 2.75) is 39.2 Å². The topological polar surface area (TPSA) is 80.3 Å². The first-order chi connectivity index (χ1) is 12.1. The Bertz CT molecular complexity index is 1030. The van der Waals surface area contributed by atoms with E-state index in [0.29, 0.717) is 11.2 Å². The number of hydrogen-bond donors (Lipinski definition) is 1. The second-order valence-corrected chi connectivity index (χ2v) is 6.95. The first-order valence-electron chi connectivity index (χ1n) is 8.96. The minimum absolute atomic E-state index is 0.393. The van der Waals surface area contributed by atoms with Crippen LogP contribution in [0.15, 0.2) is 15.8 Å². The fourth-order valence-corrected chi connectivity index (χ4v) is 3.83. The van der Waals surface area contributed by atoms with Crippen LogP contribution in [0, 0.1) is 6.92 Å². The van der Waals surface area contributed by atoms with E-state index in [9.17, 15) is 9.59 Å². The van der Waals surface area contributed by atoms with Crippen LogP contribution < -0.4 is 11.2 Å². The van der Waals surface area contributed by atoms with E-state index in [-0.39, 0.29) is 0 Å². The Labute approximate surface area is 144 Å². The fourth-order valence-electron chi connectivity index (χ4n) is 3.83. The normalized spacial score (nSPS) is 16.2. The summed E-state index contributed by atoms with van der Waals surface area (Å²) in [6, 6.07) is 0. The lowest BCUT2D eigenvalue weighted by Gasteiger charge is -2.26. The summed E-state index contributed by atoms with van der Waals surface area (Å²) in [7, 11) is 1.63. The van der Waals surface area contributed by atoms with Crippen molar-refractivity contribution in [3.63, 3.8) is 0 Å². The van der Waals surface area contributed by atoms with Gasteiger partial charge in [0.1, 0.15) is 0 Å². The Hall–Kier alpha value is -2.35. The maximum atomic E-state index is 12.2. The van der Waals surface area contributed by atoms with Crippen molar-refractivity contribution in [3.8, 4) is 0 Å². The summed E-state index contributed by atoms with van der Waals surface area (Å²) in [5.74, 6) is 0.720. The van der Waals surface area contributed by atoms with Gasteiger partial charge in [0.05, 0.1) is 0 Å². The molecule has 25 heavy (non-hydrogen) atoms. The second kappa shape index (κ2) is 6.18. The zero-order valence-electron chi connectivity index (χ0n) is 14.8. The van der Waals surface area contributed by atoms with Gasteiger partial charge in [0.25, 0.3) is 5.56 Å². The maximum absolute atomic E-state index is 12.2. The van der Waals surface area contributed by atoms with Gasteiger partial charge >= 0.3 is 5.69 Å². The Morgan fingerprint density at radius 2 is 1.92 bits per heavy atom. The summed E-state index contributed by atoms with van der Waals surface area (Å²) in [6.45, 7) is 6.37. The SMILES string of the molecule is Cc1cn2c3c(=O)[nH]c(=O)n(C)c3nc2n1CCCN1CCCCC1. The Kier molecular flexibility index (Phi) is 3.99. The standard InChI is InChI=1S/C17H24N6O2/c1-12-11-23-13-14(20(2)17(25)19-15(13)24)18-16(23)22(12)10-6-9-21-7-4-3-5-8-21/h11H,3-10H2,1-2H3,(H,19,24,25). The molecule has 4 rings (SSSR count). The average Bonchev–Trinajstić information content (AvgIpc) is 3.10. The van der Waals surface area contributed by atoms with E-state index in [4.69, 9.17) is 0 Å². The Morgan fingerprint density at radius 1 is 1.16 bits per heavy atom. The van der Waals surface area contributed by atoms with Crippen LogP contribution in [-0.4, -0.2) is 48.0 Å². The molecule has 0 radical (unpaired) electrons. The van der Waals surface area contributed by atoms with Gasteiger partial charge in [0.15, 0.2) is 11.2 Å². The molecule has 0 spiro atoms. The van der Waals surface area contributed by atoms with Crippen LogP contribution in [0.5, 0.6) is 0 Å². The lowest BCUT2D eigenvalue weighted by Crippen LogP contribution is -2.31. The highest BCUT2D eigenvalue weighted by atomic mass is 16.2. The molecular formula is C17H24N6O2. The molecule has 3 aromatic rings. The van der Waals surface area contributed by atoms with Crippen LogP contribution in [0.25, 0.3) is 16.9 Å². The molecule has 8 nitrogen and oxygen atoms in total. The number of fused-ring (bicyclic) bond motifs is 3. The molecule has 1 fully saturated rings. The summed E-state index contributed by atoms with van der Waals surface area (Å²) in [5.41, 5.74) is 1.09. The minimum atomic E-state index is -0.438. The molecule has 0 bridgehead atoms. The predicted molar refractivity (Wildman–Crippen MR) is 96.2 cm³/mol. The van der Waals surface area contributed by atoms with Crippen molar-refractivity contribution in [1.82, 2.24) is 28.4 Å². The number of likely N-dealkylation sites (tertiary alicyclic amines) is 1. The number of H-pyrrole nitrogens is 1. The molecule has 3 aromatic heterocycles. The van der Waals surface area contributed by atoms with E-state index in [1.165, 1.54) is 36.9 Å². The van der Waals surface area contributed by atoms with Crippen LogP contribution in [0.2, 0.25) is 0 Å². The van der Waals surface area contributed by atoms with Gasteiger partial charge in [-0.25, -0.2) is 4.79 Å². The monoisotopic (exact) mass is 344 g/mol. The third-order valence-corrected chi connectivity index (χ3v) is 5.22. The molecular weight excluding hydrogens is 320 g/mol. The number of imidazole rings is 2. The lowest BCUT2D eigenvalue weighted by molar-refractivity contribution is 0.223. The summed E-state index contributed by atoms with van der Waals surface area (Å²) >= 11 is 0. The second-order valence-electron chi connectivity index (χ2n) is 6.95. The van der Waals surface area contributed by atoms with Crippen LogP contribution in [0.3, 0.4) is 0 Å². The molecule has 1 saturated heterocycles. The largest absolute Gasteiger partial charge is 0.329 e. The van der Waals surface area contributed by atoms with Crippen molar-refractivity contribution < 1.29 is 0 Å². The third kappa shape index (κ3) is 2.70. The number of aryl methyl sites for hydroxylation is 3. The van der Waals surface area contributed by atoms with Crippen molar-refractivity contribution in [2.24, 2.45) is 7.05 Å². The van der Waals surface area contributed by atoms with Crippen molar-refractivity contribution in [2.75, 3.05) is 19.6 Å². The van der Waals surface area contributed by atoms with E-state index in [1.54, 1.807) is 11.4 Å². The Balaban J connectivity index is 1.67. The molecule has 0 aliphatic carbocycles. The Morgan fingerprint density at radius 3 is 2.68 bits per heavy atom. The van der Waals surface area contributed by atoms with Gasteiger partial charge in [0, 0.05) is 25.5 Å². The molecule has 1 aliphatic heterocycles. The van der Waals surface area contributed by atoms with Gasteiger partial charge < -0.3 is 9.47 Å². The summed E-state index contributed by atoms with van der Waals surface area (Å²) < 4.78 is 5.31. The van der Waals surface area contributed by atoms with E-state index >= 15 is 0 Å². The van der Waals surface area contributed by atoms with Gasteiger partial charge in [0.2, 0.25) is 5.78 Å². The van der Waals surface area contributed by atoms with Crippen LogP contribution in [0.1, 0.15) is 31.4 Å². The van der Waals surface area contributed by atoms with Crippen molar-refractivity contribution >= 4 is 16.9 Å². The zero-order chi connectivity index (χ0) is 17.6. The highest BCUT2D eigenvalue weighted by Crippen LogP contribution is 2.17. The van der Waals surface area contributed by atoms with Crippen LogP contribution in [0.4, 0.5) is 0 Å². The van der Waals surface area contributed by atoms with Crippen molar-refractivity contribution in [1.29, 1.82) is 0 Å². The molecule has 0 amide bonds. The molecule has 1 aliphatic rings. The zero-order valence-corrected chi connectivity index (χ0v) is 14.8. The van der Waals surface area contributed by atoms with Gasteiger partial charge in [-0.3, -0.25) is 18.7 Å². The molecule has 0 atom stereocenters. The first kappa shape index (κ1) is 16.1. The minimum Gasteiger partial charge on any atom is -0.314 e. The molecule has 0 aromatic carbocycles. The summed E-state index contributed by atoms with van der Waals surface area (Å²) in [6.07, 6.45) is 6.92. The predicted octanol–water partition coefficient (Wildman–Crippen LogP) is 0.860. The van der Waals surface area contributed by atoms with Gasteiger partial charge in [-0.2, -0.15) is 4.98 Å². The summed E-state index contributed by atoms with van der Waals surface area (Å²) in [4.78, 5) is 33.5. The highest BCUT2D eigenvalue weighted by molar-refractivity contribution is 5.75. The number of nitrogens with zero attached hydrogens (tertiary/aromatic N) is 5. The molecule has 1 N–H and O–H groups in total. The first-order valence-corrected chi connectivity index (χ1v) is 8.96. The smallest absolute Gasteiger partial charge is 0.314 e. The van der Waals surface area contributed by atoms with Crippen LogP contribution in [-0.2, 0) is 13.6 Å². The van der Waals surface area contributed by atoms with E-state index < -0.39 is 11.2 Å². The van der Waals surface area contributed by atoms with E-state index in [1.807, 2.05) is 13.1 Å². The molecule has 134 valence electrons. The van der Waals surface area contributed by atoms with E-state index in [2.05, 4.69) is 19.4 Å². The quantitative estimate of drug-likeness (QED) is 0.761. The van der Waals surface area contributed by atoms with Crippen LogP contribution >= 0.6 is 0 Å². The van der Waals surface area contributed by atoms with Gasteiger partial charge in [-0.15, -0.1) is 0 Å². The molecule has 8 heteroatoms. The number of piperidine rings is 1. The number of aromatic nitrogens is 5. The number of aromatic amines is 1. The van der Waals surface area contributed by atoms with Gasteiger partial charge in [-0.1, -0.05) is 6.42 Å². The molecule has 0 saturated carbocycles. The third-order valence-electron chi connectivity index (χ3n) is 5.22. The number of hydrogen-bond acceptors (Lipinski definition) is 4. The number of rotatable bonds is 4. The van der Waals surface area contributed by atoms with E-state index in [0.717, 1.165) is 31.0 Å².